The summed E-state index contributed by atoms with van der Waals surface area (Å²) in [6.07, 6.45) is 11.6. The Labute approximate surface area is 236 Å². The minimum absolute atomic E-state index is 0.0387. The van der Waals surface area contributed by atoms with Crippen LogP contribution in [-0.2, 0) is 4.79 Å². The van der Waals surface area contributed by atoms with E-state index in [4.69, 9.17) is 16.7 Å². The van der Waals surface area contributed by atoms with Gasteiger partial charge in [-0.05, 0) is 85.4 Å². The van der Waals surface area contributed by atoms with Crippen LogP contribution in [0, 0.1) is 23.6 Å². The predicted molar refractivity (Wildman–Crippen MR) is 157 cm³/mol. The van der Waals surface area contributed by atoms with Gasteiger partial charge in [0.2, 0.25) is 0 Å². The van der Waals surface area contributed by atoms with E-state index in [0.29, 0.717) is 23.1 Å². The number of halogens is 2. The molecular formula is C33H41ClFNO3. The molecule has 2 aromatic rings. The number of carbonyl (C=O) groups is 1. The molecule has 2 aromatic carbocycles. The lowest BCUT2D eigenvalue weighted by Gasteiger charge is -2.42. The maximum absolute atomic E-state index is 14.9. The minimum Gasteiger partial charge on any atom is -0.481 e. The Morgan fingerprint density at radius 3 is 2.51 bits per heavy atom. The topological polar surface area (TPSA) is 69.6 Å². The van der Waals surface area contributed by atoms with Crippen molar-refractivity contribution in [2.24, 2.45) is 17.8 Å². The molecule has 6 heteroatoms. The van der Waals surface area contributed by atoms with Crippen molar-refractivity contribution in [1.82, 2.24) is 5.32 Å². The van der Waals surface area contributed by atoms with Gasteiger partial charge in [0.25, 0.3) is 0 Å². The number of carboxylic acids is 1. The SMILES string of the molecule is CCC(C)C(C1CC=C(C(C)(O)NCCC(=O)O)CC1)C(C1=CC=C(Cl)CC1)c1ccc(F)c2ccccc12. The number of aliphatic hydroxyl groups is 1. The van der Waals surface area contributed by atoms with E-state index < -0.39 is 11.7 Å². The van der Waals surface area contributed by atoms with Gasteiger partial charge in [-0.2, -0.15) is 0 Å². The number of allylic oxidation sites excluding steroid dienone is 5. The van der Waals surface area contributed by atoms with Gasteiger partial charge in [0.15, 0.2) is 0 Å². The number of nitrogens with one attached hydrogen (secondary N) is 1. The van der Waals surface area contributed by atoms with Crippen molar-refractivity contribution in [2.75, 3.05) is 6.54 Å². The summed E-state index contributed by atoms with van der Waals surface area (Å²) in [4.78, 5) is 10.9. The van der Waals surface area contributed by atoms with E-state index in [-0.39, 0.29) is 24.7 Å². The maximum atomic E-state index is 14.9. The van der Waals surface area contributed by atoms with E-state index >= 15 is 0 Å². The van der Waals surface area contributed by atoms with Crippen LogP contribution in [0.15, 0.2) is 70.8 Å². The van der Waals surface area contributed by atoms with Gasteiger partial charge < -0.3 is 10.2 Å². The zero-order chi connectivity index (χ0) is 28.2. The third kappa shape index (κ3) is 6.82. The summed E-state index contributed by atoms with van der Waals surface area (Å²) in [6, 6.07) is 11.4. The number of hydrogen-bond acceptors (Lipinski definition) is 3. The normalized spacial score (nSPS) is 21.8. The Morgan fingerprint density at radius 2 is 1.90 bits per heavy atom. The molecule has 3 N–H and O–H groups in total. The molecule has 0 bridgehead atoms. The Balaban J connectivity index is 1.72. The Morgan fingerprint density at radius 1 is 1.15 bits per heavy atom. The van der Waals surface area contributed by atoms with E-state index in [9.17, 15) is 14.3 Å². The van der Waals surface area contributed by atoms with Gasteiger partial charge in [-0.25, -0.2) is 4.39 Å². The first-order chi connectivity index (χ1) is 18.6. The second-order valence-electron chi connectivity index (χ2n) is 11.4. The molecule has 2 aliphatic carbocycles. The summed E-state index contributed by atoms with van der Waals surface area (Å²) in [7, 11) is 0. The molecule has 0 heterocycles. The number of aliphatic carboxylic acids is 1. The van der Waals surface area contributed by atoms with Crippen molar-refractivity contribution in [3.05, 3.63) is 82.2 Å². The first-order valence-electron chi connectivity index (χ1n) is 14.2. The lowest BCUT2D eigenvalue weighted by Crippen LogP contribution is -2.46. The van der Waals surface area contributed by atoms with E-state index in [0.717, 1.165) is 54.5 Å². The summed E-state index contributed by atoms with van der Waals surface area (Å²) in [5.74, 6) is 0.171. The Bertz CT molecular complexity index is 1280. The minimum atomic E-state index is -1.23. The van der Waals surface area contributed by atoms with Crippen molar-refractivity contribution in [3.8, 4) is 0 Å². The molecular weight excluding hydrogens is 513 g/mol. The molecule has 0 radical (unpaired) electrons. The van der Waals surface area contributed by atoms with Gasteiger partial charge in [0.1, 0.15) is 11.5 Å². The molecule has 4 rings (SSSR count). The number of hydrogen-bond donors (Lipinski definition) is 3. The molecule has 0 amide bonds. The van der Waals surface area contributed by atoms with Gasteiger partial charge in [-0.3, -0.25) is 10.1 Å². The first kappa shape index (κ1) is 29.5. The Hall–Kier alpha value is -2.47. The quantitative estimate of drug-likeness (QED) is 0.194. The molecule has 2 aliphatic rings. The predicted octanol–water partition coefficient (Wildman–Crippen LogP) is 8.07. The van der Waals surface area contributed by atoms with Crippen molar-refractivity contribution >= 4 is 28.3 Å². The largest absolute Gasteiger partial charge is 0.481 e. The smallest absolute Gasteiger partial charge is 0.304 e. The summed E-state index contributed by atoms with van der Waals surface area (Å²) < 4.78 is 14.9. The Kier molecular flexibility index (Phi) is 9.69. The molecule has 5 unspecified atom stereocenters. The molecule has 5 atom stereocenters. The molecule has 210 valence electrons. The highest BCUT2D eigenvalue weighted by atomic mass is 35.5. The van der Waals surface area contributed by atoms with Crippen LogP contribution >= 0.6 is 11.6 Å². The van der Waals surface area contributed by atoms with Gasteiger partial charge in [0.05, 0.1) is 6.42 Å². The number of rotatable bonds is 11. The molecule has 4 nitrogen and oxygen atoms in total. The van der Waals surface area contributed by atoms with Crippen LogP contribution in [0.5, 0.6) is 0 Å². The molecule has 0 spiro atoms. The van der Waals surface area contributed by atoms with Crippen LogP contribution in [0.3, 0.4) is 0 Å². The van der Waals surface area contributed by atoms with Gasteiger partial charge in [-0.15, -0.1) is 0 Å². The van der Waals surface area contributed by atoms with Crippen molar-refractivity contribution < 1.29 is 19.4 Å². The second-order valence-corrected chi connectivity index (χ2v) is 11.9. The molecule has 0 aromatic heterocycles. The van der Waals surface area contributed by atoms with Gasteiger partial charge in [-0.1, -0.05) is 79.9 Å². The summed E-state index contributed by atoms with van der Waals surface area (Å²) in [5.41, 5.74) is 2.21. The van der Waals surface area contributed by atoms with E-state index in [1.165, 1.54) is 11.1 Å². The standard InChI is InChI=1S/C33H41ClFNO3/c1-4-21(2)31(22-9-13-24(14-10-22)33(3,39)36-20-19-30(37)38)32(23-11-15-25(34)16-12-23)28-17-18-29(35)27-8-6-5-7-26(27)28/h5-8,11,13,15,17-18,21-22,31-32,36,39H,4,9-10,12,14,16,19-20H2,1-3H3,(H,37,38). The van der Waals surface area contributed by atoms with Crippen molar-refractivity contribution in [1.29, 1.82) is 0 Å². The zero-order valence-electron chi connectivity index (χ0n) is 23.2. The van der Waals surface area contributed by atoms with E-state index in [2.05, 4.69) is 31.3 Å². The summed E-state index contributed by atoms with van der Waals surface area (Å²) in [6.45, 7) is 6.50. The highest BCUT2D eigenvalue weighted by molar-refractivity contribution is 6.29. The lowest BCUT2D eigenvalue weighted by molar-refractivity contribution is -0.137. The molecule has 0 saturated carbocycles. The molecule has 0 fully saturated rings. The monoisotopic (exact) mass is 553 g/mol. The number of fused-ring (bicyclic) bond motifs is 1. The van der Waals surface area contributed by atoms with Crippen LogP contribution < -0.4 is 5.32 Å². The number of carboxylic acid groups (broad SMARTS) is 1. The van der Waals surface area contributed by atoms with Crippen LogP contribution in [0.4, 0.5) is 4.39 Å². The third-order valence-corrected chi connectivity index (χ3v) is 9.20. The number of benzene rings is 2. The zero-order valence-corrected chi connectivity index (χ0v) is 24.0. The fourth-order valence-electron chi connectivity index (χ4n) is 6.61. The average molecular weight is 554 g/mol. The third-order valence-electron chi connectivity index (χ3n) is 8.88. The van der Waals surface area contributed by atoms with E-state index in [1.807, 2.05) is 36.4 Å². The fraction of sp³-hybridized carbons (Fsp3) is 0.485. The summed E-state index contributed by atoms with van der Waals surface area (Å²) >= 11 is 6.38. The highest BCUT2D eigenvalue weighted by Gasteiger charge is 2.39. The summed E-state index contributed by atoms with van der Waals surface area (Å²) in [5, 5.41) is 25.5. The highest BCUT2D eigenvalue weighted by Crippen LogP contribution is 2.50. The molecule has 0 saturated heterocycles. The average Bonchev–Trinajstić information content (AvgIpc) is 2.92. The van der Waals surface area contributed by atoms with Crippen LogP contribution in [0.2, 0.25) is 0 Å². The van der Waals surface area contributed by atoms with Crippen molar-refractivity contribution in [2.45, 2.75) is 77.4 Å². The fourth-order valence-corrected chi connectivity index (χ4v) is 6.77. The lowest BCUT2D eigenvalue weighted by atomic mass is 9.63. The first-order valence-corrected chi connectivity index (χ1v) is 14.6. The molecule has 0 aliphatic heterocycles. The van der Waals surface area contributed by atoms with Gasteiger partial charge >= 0.3 is 5.97 Å². The maximum Gasteiger partial charge on any atom is 0.304 e. The van der Waals surface area contributed by atoms with Crippen molar-refractivity contribution in [3.63, 3.8) is 0 Å². The van der Waals surface area contributed by atoms with Gasteiger partial charge in [0, 0.05) is 22.9 Å². The van der Waals surface area contributed by atoms with Crippen LogP contribution in [0.1, 0.15) is 77.2 Å². The molecule has 39 heavy (non-hydrogen) atoms. The van der Waals surface area contributed by atoms with Crippen LogP contribution in [-0.4, -0.2) is 28.5 Å². The van der Waals surface area contributed by atoms with Crippen LogP contribution in [0.25, 0.3) is 10.8 Å². The van der Waals surface area contributed by atoms with E-state index in [1.54, 1.807) is 13.0 Å². The second kappa shape index (κ2) is 12.8.